The van der Waals surface area contributed by atoms with Crippen LogP contribution in [0.25, 0.3) is 0 Å². The van der Waals surface area contributed by atoms with E-state index in [2.05, 4.69) is 50.4 Å². The van der Waals surface area contributed by atoms with Gasteiger partial charge in [-0.2, -0.15) is 0 Å². The van der Waals surface area contributed by atoms with E-state index in [0.717, 1.165) is 18.7 Å². The van der Waals surface area contributed by atoms with E-state index in [1.165, 1.54) is 22.3 Å². The van der Waals surface area contributed by atoms with E-state index >= 15 is 0 Å². The zero-order chi connectivity index (χ0) is 13.8. The first-order valence-corrected chi connectivity index (χ1v) is 6.94. The summed E-state index contributed by atoms with van der Waals surface area (Å²) in [7, 11) is 0. The summed E-state index contributed by atoms with van der Waals surface area (Å²) in [4.78, 5) is 0. The highest BCUT2D eigenvalue weighted by Crippen LogP contribution is 2.22. The first-order chi connectivity index (χ1) is 9.08. The predicted octanol–water partition coefficient (Wildman–Crippen LogP) is 4.10. The predicted molar refractivity (Wildman–Crippen MR) is 79.5 cm³/mol. The van der Waals surface area contributed by atoms with E-state index in [-0.39, 0.29) is 0 Å². The molecule has 0 radical (unpaired) electrons. The Labute approximate surface area is 115 Å². The van der Waals surface area contributed by atoms with Crippen LogP contribution < -0.4 is 5.32 Å². The number of likely N-dealkylation sites (N-methyl/N-ethyl adjacent to an activating group) is 1. The van der Waals surface area contributed by atoms with E-state index < -0.39 is 0 Å². The van der Waals surface area contributed by atoms with Crippen LogP contribution in [-0.2, 0) is 6.42 Å². The Hall–Kier alpha value is -1.54. The standard InChI is InChI=1S/C17H23NO/c1-5-18-17(16-9-14(4)19-11-16)10-15-7-12(2)6-13(3)8-15/h6-9,11,17-18H,5,10H2,1-4H3. The maximum atomic E-state index is 5.44. The number of rotatable bonds is 5. The molecule has 2 aromatic rings. The molecule has 1 unspecified atom stereocenters. The third kappa shape index (κ3) is 3.71. The van der Waals surface area contributed by atoms with Gasteiger partial charge >= 0.3 is 0 Å². The number of benzene rings is 1. The minimum absolute atomic E-state index is 0.323. The summed E-state index contributed by atoms with van der Waals surface area (Å²) in [6.45, 7) is 9.39. The normalized spacial score (nSPS) is 12.6. The average molecular weight is 257 g/mol. The van der Waals surface area contributed by atoms with Crippen LogP contribution in [0.1, 0.15) is 41.0 Å². The number of hydrogen-bond donors (Lipinski definition) is 1. The Morgan fingerprint density at radius 2 is 1.74 bits per heavy atom. The van der Waals surface area contributed by atoms with Crippen molar-refractivity contribution in [3.8, 4) is 0 Å². The van der Waals surface area contributed by atoms with Crippen molar-refractivity contribution < 1.29 is 4.42 Å². The Morgan fingerprint density at radius 3 is 2.26 bits per heavy atom. The third-order valence-electron chi connectivity index (χ3n) is 3.33. The van der Waals surface area contributed by atoms with Gasteiger partial charge in [-0.1, -0.05) is 36.2 Å². The smallest absolute Gasteiger partial charge is 0.101 e. The number of furan rings is 1. The lowest BCUT2D eigenvalue weighted by molar-refractivity contribution is 0.511. The topological polar surface area (TPSA) is 25.2 Å². The molecule has 0 aliphatic carbocycles. The van der Waals surface area contributed by atoms with Crippen molar-refractivity contribution in [2.24, 2.45) is 0 Å². The van der Waals surface area contributed by atoms with Gasteiger partial charge in [0.15, 0.2) is 0 Å². The first kappa shape index (κ1) is 13.9. The molecule has 2 heteroatoms. The maximum Gasteiger partial charge on any atom is 0.101 e. The zero-order valence-corrected chi connectivity index (χ0v) is 12.3. The molecule has 2 nitrogen and oxygen atoms in total. The Bertz CT molecular complexity index is 522. The van der Waals surface area contributed by atoms with Crippen LogP contribution in [0, 0.1) is 20.8 Å². The minimum Gasteiger partial charge on any atom is -0.469 e. The van der Waals surface area contributed by atoms with Crippen molar-refractivity contribution in [1.82, 2.24) is 5.32 Å². The minimum atomic E-state index is 0.323. The van der Waals surface area contributed by atoms with Crippen molar-refractivity contribution in [2.45, 2.75) is 40.2 Å². The summed E-state index contributed by atoms with van der Waals surface area (Å²) in [5.74, 6) is 0.971. The lowest BCUT2D eigenvalue weighted by atomic mass is 9.98. The maximum absolute atomic E-state index is 5.44. The molecular formula is C17H23NO. The van der Waals surface area contributed by atoms with Gasteiger partial charge in [-0.05, 0) is 45.4 Å². The molecule has 0 saturated carbocycles. The highest BCUT2D eigenvalue weighted by Gasteiger charge is 2.13. The van der Waals surface area contributed by atoms with Crippen molar-refractivity contribution in [2.75, 3.05) is 6.54 Å². The van der Waals surface area contributed by atoms with Crippen LogP contribution in [0.3, 0.4) is 0 Å². The number of hydrogen-bond acceptors (Lipinski definition) is 2. The van der Waals surface area contributed by atoms with Crippen LogP contribution in [0.4, 0.5) is 0 Å². The van der Waals surface area contributed by atoms with Crippen LogP contribution in [0.2, 0.25) is 0 Å². The summed E-state index contributed by atoms with van der Waals surface area (Å²) >= 11 is 0. The summed E-state index contributed by atoms with van der Waals surface area (Å²) in [5, 5.41) is 3.54. The molecule has 1 N–H and O–H groups in total. The summed E-state index contributed by atoms with van der Waals surface area (Å²) in [6.07, 6.45) is 2.86. The molecule has 1 aromatic heterocycles. The van der Waals surface area contributed by atoms with Crippen molar-refractivity contribution >= 4 is 0 Å². The SMILES string of the molecule is CCNC(Cc1cc(C)cc(C)c1)c1coc(C)c1. The van der Waals surface area contributed by atoms with Crippen molar-refractivity contribution in [3.05, 3.63) is 58.5 Å². The fraction of sp³-hybridized carbons (Fsp3) is 0.412. The molecule has 0 aliphatic rings. The molecule has 2 rings (SSSR count). The van der Waals surface area contributed by atoms with E-state index in [9.17, 15) is 0 Å². The van der Waals surface area contributed by atoms with Gasteiger partial charge in [-0.15, -0.1) is 0 Å². The molecule has 1 heterocycles. The summed E-state index contributed by atoms with van der Waals surface area (Å²) in [5.41, 5.74) is 5.27. The lowest BCUT2D eigenvalue weighted by Gasteiger charge is -2.17. The third-order valence-corrected chi connectivity index (χ3v) is 3.33. The second-order valence-electron chi connectivity index (χ2n) is 5.30. The summed E-state index contributed by atoms with van der Waals surface area (Å²) in [6, 6.07) is 9.20. The number of nitrogens with one attached hydrogen (secondary N) is 1. The highest BCUT2D eigenvalue weighted by molar-refractivity contribution is 5.30. The monoisotopic (exact) mass is 257 g/mol. The van der Waals surface area contributed by atoms with Crippen LogP contribution >= 0.6 is 0 Å². The molecular weight excluding hydrogens is 234 g/mol. The van der Waals surface area contributed by atoms with E-state index in [4.69, 9.17) is 4.42 Å². The summed E-state index contributed by atoms with van der Waals surface area (Å²) < 4.78 is 5.44. The van der Waals surface area contributed by atoms with Gasteiger partial charge in [0.1, 0.15) is 5.76 Å². The Morgan fingerprint density at radius 1 is 1.05 bits per heavy atom. The average Bonchev–Trinajstić information content (AvgIpc) is 2.74. The Kier molecular flexibility index (Phi) is 4.43. The first-order valence-electron chi connectivity index (χ1n) is 6.94. The van der Waals surface area contributed by atoms with Gasteiger partial charge in [0.25, 0.3) is 0 Å². The van der Waals surface area contributed by atoms with Crippen LogP contribution in [0.5, 0.6) is 0 Å². The van der Waals surface area contributed by atoms with Gasteiger partial charge in [-0.3, -0.25) is 0 Å². The highest BCUT2D eigenvalue weighted by atomic mass is 16.3. The molecule has 0 amide bonds. The molecule has 0 saturated heterocycles. The van der Waals surface area contributed by atoms with Gasteiger partial charge in [-0.25, -0.2) is 0 Å². The van der Waals surface area contributed by atoms with E-state index in [1.807, 2.05) is 13.2 Å². The Balaban J connectivity index is 2.20. The van der Waals surface area contributed by atoms with Gasteiger partial charge in [0.2, 0.25) is 0 Å². The molecule has 1 atom stereocenters. The van der Waals surface area contributed by atoms with E-state index in [0.29, 0.717) is 6.04 Å². The van der Waals surface area contributed by atoms with Gasteiger partial charge < -0.3 is 9.73 Å². The molecule has 102 valence electrons. The zero-order valence-electron chi connectivity index (χ0n) is 12.3. The number of aryl methyl sites for hydroxylation is 3. The fourth-order valence-electron chi connectivity index (χ4n) is 2.62. The van der Waals surface area contributed by atoms with Crippen LogP contribution in [0.15, 0.2) is 34.9 Å². The van der Waals surface area contributed by atoms with Gasteiger partial charge in [0.05, 0.1) is 6.26 Å². The van der Waals surface area contributed by atoms with Gasteiger partial charge in [0, 0.05) is 11.6 Å². The molecule has 0 fully saturated rings. The van der Waals surface area contributed by atoms with Crippen molar-refractivity contribution in [3.63, 3.8) is 0 Å². The second-order valence-corrected chi connectivity index (χ2v) is 5.30. The quantitative estimate of drug-likeness (QED) is 0.872. The van der Waals surface area contributed by atoms with Crippen LogP contribution in [-0.4, -0.2) is 6.54 Å². The lowest BCUT2D eigenvalue weighted by Crippen LogP contribution is -2.22. The van der Waals surface area contributed by atoms with E-state index in [1.54, 1.807) is 0 Å². The molecule has 0 spiro atoms. The van der Waals surface area contributed by atoms with Crippen molar-refractivity contribution in [1.29, 1.82) is 0 Å². The second kappa shape index (κ2) is 6.07. The molecule has 19 heavy (non-hydrogen) atoms. The molecule has 1 aromatic carbocycles. The molecule has 0 bridgehead atoms. The fourth-order valence-corrected chi connectivity index (χ4v) is 2.62. The largest absolute Gasteiger partial charge is 0.469 e. The molecule has 0 aliphatic heterocycles.